The minimum absolute atomic E-state index is 0.0473. The van der Waals surface area contributed by atoms with Crippen molar-refractivity contribution in [2.45, 2.75) is 38.1 Å². The van der Waals surface area contributed by atoms with Crippen molar-refractivity contribution >= 4 is 17.7 Å². The van der Waals surface area contributed by atoms with Crippen molar-refractivity contribution in [2.75, 3.05) is 18.1 Å². The molecule has 3 atom stereocenters. The van der Waals surface area contributed by atoms with Crippen molar-refractivity contribution in [1.29, 1.82) is 0 Å². The van der Waals surface area contributed by atoms with Crippen LogP contribution in [0.15, 0.2) is 48.5 Å². The Morgan fingerprint density at radius 1 is 0.825 bits per heavy atom. The maximum Gasteiger partial charge on any atom is 0.257 e. The number of rotatable bonds is 10. The molecule has 0 aliphatic carbocycles. The highest BCUT2D eigenvalue weighted by molar-refractivity contribution is 7.99. The van der Waals surface area contributed by atoms with Crippen LogP contribution in [0.5, 0.6) is 0 Å². The molecule has 3 aromatic carbocycles. The minimum Gasteiger partial charge on any atom is -0.396 e. The fourth-order valence-electron chi connectivity index (χ4n) is 4.17. The second-order valence-electron chi connectivity index (χ2n) is 9.02. The van der Waals surface area contributed by atoms with Gasteiger partial charge in [0.05, 0.1) is 25.4 Å². The number of carbonyl (C=O) groups is 1. The summed E-state index contributed by atoms with van der Waals surface area (Å²) in [7, 11) is 0. The van der Waals surface area contributed by atoms with E-state index in [0.29, 0.717) is 29.1 Å². The lowest BCUT2D eigenvalue weighted by Crippen LogP contribution is -2.31. The van der Waals surface area contributed by atoms with Gasteiger partial charge in [0.15, 0.2) is 29.6 Å². The van der Waals surface area contributed by atoms with E-state index in [-0.39, 0.29) is 32.0 Å². The third kappa shape index (κ3) is 6.81. The molecule has 40 heavy (non-hydrogen) atoms. The molecule has 1 aliphatic rings. The predicted octanol–water partition coefficient (Wildman–Crippen LogP) is 5.08. The Morgan fingerprint density at radius 2 is 1.40 bits per heavy atom. The third-order valence-electron chi connectivity index (χ3n) is 6.30. The number of aliphatic hydroxyl groups is 2. The van der Waals surface area contributed by atoms with Gasteiger partial charge in [-0.05, 0) is 16.7 Å². The summed E-state index contributed by atoms with van der Waals surface area (Å²) in [6, 6.07) is 14.0. The monoisotopic (exact) mass is 583 g/mol. The Balaban J connectivity index is 1.45. The van der Waals surface area contributed by atoms with Crippen LogP contribution in [0.3, 0.4) is 0 Å². The van der Waals surface area contributed by atoms with Gasteiger partial charge in [-0.3, -0.25) is 4.79 Å². The molecule has 3 N–H and O–H groups in total. The van der Waals surface area contributed by atoms with Gasteiger partial charge in [-0.25, -0.2) is 22.0 Å². The minimum atomic E-state index is -2.34. The lowest BCUT2D eigenvalue weighted by molar-refractivity contribution is -0.245. The first-order chi connectivity index (χ1) is 19.2. The standard InChI is InChI=1S/C28H26F5NO5S/c29-22-21(23(30)25(32)26(33)24(22)31)27(37)34-12-15-1-7-18(8-2-15)28-38-19(14-40-10-9-35)11-20(39-28)17-5-3-16(13-36)4-6-17/h1-8,19-20,28,35-36H,9-14H2,(H,34,37)/t19-,20+,28+/m1/s1. The number of carbonyl (C=O) groups excluding carboxylic acids is 1. The number of aliphatic hydroxyl groups excluding tert-OH is 2. The SMILES string of the molecule is O=C(NCc1ccc([C@H]2O[C@@H](CSCCO)C[C@@H](c3ccc(CO)cc3)O2)cc1)c1c(F)c(F)c(F)c(F)c1F. The van der Waals surface area contributed by atoms with Crippen LogP contribution in [0, 0.1) is 29.1 Å². The zero-order valence-electron chi connectivity index (χ0n) is 21.0. The molecule has 1 amide bonds. The molecule has 4 rings (SSSR count). The fraction of sp³-hybridized carbons (Fsp3) is 0.321. The van der Waals surface area contributed by atoms with Gasteiger partial charge in [0.25, 0.3) is 5.91 Å². The van der Waals surface area contributed by atoms with Crippen molar-refractivity contribution in [1.82, 2.24) is 5.32 Å². The zero-order valence-corrected chi connectivity index (χ0v) is 21.8. The Hall–Kier alpha value is -3.03. The summed E-state index contributed by atoms with van der Waals surface area (Å²) in [5, 5.41) is 20.6. The van der Waals surface area contributed by atoms with E-state index < -0.39 is 46.8 Å². The average molecular weight is 584 g/mol. The smallest absolute Gasteiger partial charge is 0.257 e. The van der Waals surface area contributed by atoms with E-state index in [2.05, 4.69) is 5.32 Å². The summed E-state index contributed by atoms with van der Waals surface area (Å²) >= 11 is 1.55. The van der Waals surface area contributed by atoms with Crippen molar-refractivity contribution in [3.8, 4) is 0 Å². The number of hydrogen-bond acceptors (Lipinski definition) is 6. The second kappa shape index (κ2) is 13.6. The number of benzene rings is 3. The fourth-order valence-corrected chi connectivity index (χ4v) is 4.94. The largest absolute Gasteiger partial charge is 0.396 e. The van der Waals surface area contributed by atoms with Gasteiger partial charge in [0.1, 0.15) is 5.56 Å². The molecule has 12 heteroatoms. The van der Waals surface area contributed by atoms with Crippen LogP contribution in [0.1, 0.15) is 51.4 Å². The van der Waals surface area contributed by atoms with Gasteiger partial charge < -0.3 is 25.0 Å². The molecule has 0 radical (unpaired) electrons. The van der Waals surface area contributed by atoms with Crippen LogP contribution in [-0.4, -0.2) is 40.3 Å². The van der Waals surface area contributed by atoms with Crippen LogP contribution >= 0.6 is 11.8 Å². The molecule has 214 valence electrons. The molecular weight excluding hydrogens is 557 g/mol. The second-order valence-corrected chi connectivity index (χ2v) is 10.2. The summed E-state index contributed by atoms with van der Waals surface area (Å²) in [5.74, 6) is -11.4. The van der Waals surface area contributed by atoms with Crippen LogP contribution in [-0.2, 0) is 22.6 Å². The first kappa shape index (κ1) is 29.9. The number of ether oxygens (including phenoxy) is 2. The highest BCUT2D eigenvalue weighted by atomic mass is 32.2. The Kier molecular flexibility index (Phi) is 10.1. The Bertz CT molecular complexity index is 1300. The molecule has 1 aliphatic heterocycles. The van der Waals surface area contributed by atoms with E-state index in [1.165, 1.54) is 0 Å². The van der Waals surface area contributed by atoms with E-state index in [4.69, 9.17) is 14.6 Å². The van der Waals surface area contributed by atoms with E-state index in [1.807, 2.05) is 24.3 Å². The normalized spacial score (nSPS) is 19.0. The van der Waals surface area contributed by atoms with Crippen LogP contribution in [0.25, 0.3) is 0 Å². The number of amides is 1. The molecule has 1 heterocycles. The molecule has 0 unspecified atom stereocenters. The lowest BCUT2D eigenvalue weighted by Gasteiger charge is -2.36. The number of halogens is 5. The highest BCUT2D eigenvalue weighted by Crippen LogP contribution is 2.38. The molecule has 6 nitrogen and oxygen atoms in total. The predicted molar refractivity (Wildman–Crippen MR) is 137 cm³/mol. The number of hydrogen-bond donors (Lipinski definition) is 3. The summed E-state index contributed by atoms with van der Waals surface area (Å²) in [6.45, 7) is -0.275. The average Bonchev–Trinajstić information content (AvgIpc) is 2.98. The summed E-state index contributed by atoms with van der Waals surface area (Å²) in [6.07, 6.45) is -0.646. The summed E-state index contributed by atoms with van der Waals surface area (Å²) in [5.41, 5.74) is 1.27. The number of nitrogens with one attached hydrogen (secondary N) is 1. The van der Waals surface area contributed by atoms with Crippen LogP contribution < -0.4 is 5.32 Å². The maximum absolute atomic E-state index is 13.9. The maximum atomic E-state index is 13.9. The van der Waals surface area contributed by atoms with Gasteiger partial charge in [0.2, 0.25) is 5.82 Å². The van der Waals surface area contributed by atoms with Crippen LogP contribution in [0.4, 0.5) is 22.0 Å². The topological polar surface area (TPSA) is 88.0 Å². The highest BCUT2D eigenvalue weighted by Gasteiger charge is 2.32. The summed E-state index contributed by atoms with van der Waals surface area (Å²) in [4.78, 5) is 12.2. The molecule has 1 saturated heterocycles. The van der Waals surface area contributed by atoms with Gasteiger partial charge >= 0.3 is 0 Å². The van der Waals surface area contributed by atoms with Crippen molar-refractivity contribution in [3.05, 3.63) is 105 Å². The van der Waals surface area contributed by atoms with E-state index in [1.54, 1.807) is 36.0 Å². The Morgan fingerprint density at radius 3 is 2.00 bits per heavy atom. The summed E-state index contributed by atoms with van der Waals surface area (Å²) < 4.78 is 80.4. The number of thioether (sulfide) groups is 1. The van der Waals surface area contributed by atoms with Gasteiger partial charge in [-0.2, -0.15) is 11.8 Å². The molecule has 0 aromatic heterocycles. The van der Waals surface area contributed by atoms with Gasteiger partial charge in [0, 0.05) is 30.0 Å². The first-order valence-electron chi connectivity index (χ1n) is 12.3. The zero-order chi connectivity index (χ0) is 28.8. The molecule has 0 spiro atoms. The molecule has 3 aromatic rings. The third-order valence-corrected chi connectivity index (χ3v) is 7.37. The molecule has 0 saturated carbocycles. The first-order valence-corrected chi connectivity index (χ1v) is 13.5. The van der Waals surface area contributed by atoms with Crippen molar-refractivity contribution in [2.24, 2.45) is 0 Å². The van der Waals surface area contributed by atoms with E-state index in [9.17, 15) is 31.9 Å². The van der Waals surface area contributed by atoms with Crippen molar-refractivity contribution in [3.63, 3.8) is 0 Å². The van der Waals surface area contributed by atoms with Gasteiger partial charge in [-0.15, -0.1) is 0 Å². The quantitative estimate of drug-likeness (QED) is 0.134. The molecule has 0 bridgehead atoms. The van der Waals surface area contributed by atoms with E-state index >= 15 is 0 Å². The van der Waals surface area contributed by atoms with Crippen LogP contribution in [0.2, 0.25) is 0 Å². The van der Waals surface area contributed by atoms with Crippen molar-refractivity contribution < 1.29 is 46.4 Å². The Labute approximate surface area is 231 Å². The van der Waals surface area contributed by atoms with Gasteiger partial charge in [-0.1, -0.05) is 48.5 Å². The lowest BCUT2D eigenvalue weighted by atomic mass is 10.0. The molecular formula is C28H26F5NO5S. The molecule has 1 fully saturated rings. The van der Waals surface area contributed by atoms with E-state index in [0.717, 1.165) is 11.1 Å².